The third-order valence-corrected chi connectivity index (χ3v) is 5.48. The van der Waals surface area contributed by atoms with E-state index in [1.165, 1.54) is 0 Å². The van der Waals surface area contributed by atoms with E-state index in [1.54, 1.807) is 19.1 Å². The first-order chi connectivity index (χ1) is 8.43. The van der Waals surface area contributed by atoms with Gasteiger partial charge in [-0.15, -0.1) is 0 Å². The fourth-order valence-corrected chi connectivity index (χ4v) is 4.09. The van der Waals surface area contributed by atoms with Gasteiger partial charge in [-0.2, -0.15) is 17.9 Å². The van der Waals surface area contributed by atoms with E-state index in [4.69, 9.17) is 23.2 Å². The Labute approximate surface area is 116 Å². The molecule has 0 unspecified atom stereocenters. The van der Waals surface area contributed by atoms with Gasteiger partial charge in [0, 0.05) is 5.56 Å². The molecule has 0 radical (unpaired) electrons. The van der Waals surface area contributed by atoms with Gasteiger partial charge in [0.05, 0.1) is 22.3 Å². The molecule has 1 aliphatic rings. The predicted molar refractivity (Wildman–Crippen MR) is 72.9 cm³/mol. The summed E-state index contributed by atoms with van der Waals surface area (Å²) in [6, 6.07) is 3.24. The van der Waals surface area contributed by atoms with E-state index < -0.39 is 10.0 Å². The van der Waals surface area contributed by atoms with E-state index >= 15 is 0 Å². The Hall–Kier alpha value is -0.780. The van der Waals surface area contributed by atoms with Gasteiger partial charge < -0.3 is 0 Å². The molecule has 0 amide bonds. The molecule has 0 N–H and O–H groups in total. The molecule has 1 aromatic rings. The zero-order chi connectivity index (χ0) is 13.5. The first-order valence-electron chi connectivity index (χ1n) is 5.52. The molecule has 0 fully saturated rings. The summed E-state index contributed by atoms with van der Waals surface area (Å²) in [5.41, 5.74) is 1.23. The number of hydrogen-bond acceptors (Lipinski definition) is 3. The lowest BCUT2D eigenvalue weighted by Gasteiger charge is -2.26. The van der Waals surface area contributed by atoms with E-state index in [-0.39, 0.29) is 21.5 Å². The number of benzene rings is 1. The summed E-state index contributed by atoms with van der Waals surface area (Å²) in [4.78, 5) is 0.0605. The minimum absolute atomic E-state index is 0.0605. The highest BCUT2D eigenvalue weighted by molar-refractivity contribution is 7.89. The lowest BCUT2D eigenvalue weighted by molar-refractivity contribution is 0.443. The normalized spacial score (nSPS) is 17.3. The average molecular weight is 307 g/mol. The molecule has 98 valence electrons. The minimum Gasteiger partial charge on any atom is -0.200 e. The average Bonchev–Trinajstić information content (AvgIpc) is 2.33. The Kier molecular flexibility index (Phi) is 3.58. The van der Waals surface area contributed by atoms with Gasteiger partial charge in [0.15, 0.2) is 0 Å². The molecule has 4 nitrogen and oxygen atoms in total. The van der Waals surface area contributed by atoms with Crippen molar-refractivity contribution >= 4 is 38.9 Å². The number of fused-ring (bicyclic) bond motifs is 1. The highest BCUT2D eigenvalue weighted by atomic mass is 35.5. The zero-order valence-electron chi connectivity index (χ0n) is 9.94. The first kappa shape index (κ1) is 13.6. The van der Waals surface area contributed by atoms with Gasteiger partial charge in [-0.3, -0.25) is 0 Å². The number of sulfonamides is 1. The highest BCUT2D eigenvalue weighted by Gasteiger charge is 2.34. The van der Waals surface area contributed by atoms with E-state index in [9.17, 15) is 8.42 Å². The molecule has 0 spiro atoms. The maximum absolute atomic E-state index is 12.3. The van der Waals surface area contributed by atoms with Crippen molar-refractivity contribution in [2.75, 3.05) is 6.54 Å². The van der Waals surface area contributed by atoms with Gasteiger partial charge in [0.2, 0.25) is 0 Å². The monoisotopic (exact) mass is 306 g/mol. The SMILES string of the molecule is CCC1=NN(CC)S(=O)(=O)c2c1ccc(Cl)c2Cl. The van der Waals surface area contributed by atoms with Gasteiger partial charge in [0.25, 0.3) is 10.0 Å². The van der Waals surface area contributed by atoms with Crippen molar-refractivity contribution in [1.29, 1.82) is 0 Å². The highest BCUT2D eigenvalue weighted by Crippen LogP contribution is 2.37. The molecule has 0 aliphatic carbocycles. The van der Waals surface area contributed by atoms with Crippen LogP contribution in [0.4, 0.5) is 0 Å². The van der Waals surface area contributed by atoms with Gasteiger partial charge in [-0.05, 0) is 19.4 Å². The van der Waals surface area contributed by atoms with Crippen molar-refractivity contribution in [3.63, 3.8) is 0 Å². The third kappa shape index (κ3) is 1.90. The molecule has 0 bridgehead atoms. The summed E-state index contributed by atoms with van der Waals surface area (Å²) >= 11 is 11.9. The maximum Gasteiger partial charge on any atom is 0.281 e. The Morgan fingerprint density at radius 1 is 1.28 bits per heavy atom. The van der Waals surface area contributed by atoms with Crippen LogP contribution >= 0.6 is 23.2 Å². The second-order valence-electron chi connectivity index (χ2n) is 3.78. The summed E-state index contributed by atoms with van der Waals surface area (Å²) in [7, 11) is -3.70. The fourth-order valence-electron chi connectivity index (χ4n) is 1.86. The van der Waals surface area contributed by atoms with Gasteiger partial charge in [-0.1, -0.05) is 36.2 Å². The molecule has 1 aromatic carbocycles. The molecule has 2 rings (SSSR count). The molecule has 0 saturated carbocycles. The summed E-state index contributed by atoms with van der Waals surface area (Å²) in [5, 5.41) is 4.44. The van der Waals surface area contributed by atoms with Crippen LogP contribution in [0.15, 0.2) is 22.1 Å². The second kappa shape index (κ2) is 4.72. The Bertz CT molecular complexity index is 626. The zero-order valence-corrected chi connectivity index (χ0v) is 12.3. The minimum atomic E-state index is -3.70. The van der Waals surface area contributed by atoms with Crippen LogP contribution < -0.4 is 0 Å². The van der Waals surface area contributed by atoms with Crippen LogP contribution in [-0.4, -0.2) is 25.1 Å². The fraction of sp³-hybridized carbons (Fsp3) is 0.364. The summed E-state index contributed by atoms with van der Waals surface area (Å²) < 4.78 is 25.7. The summed E-state index contributed by atoms with van der Waals surface area (Å²) in [5.74, 6) is 0. The third-order valence-electron chi connectivity index (χ3n) is 2.73. The van der Waals surface area contributed by atoms with Crippen LogP contribution in [0.25, 0.3) is 0 Å². The van der Waals surface area contributed by atoms with Gasteiger partial charge >= 0.3 is 0 Å². The molecular weight excluding hydrogens is 295 g/mol. The van der Waals surface area contributed by atoms with Gasteiger partial charge in [-0.25, -0.2) is 0 Å². The predicted octanol–water partition coefficient (Wildman–Crippen LogP) is 3.13. The smallest absolute Gasteiger partial charge is 0.200 e. The van der Waals surface area contributed by atoms with E-state index in [0.29, 0.717) is 17.7 Å². The largest absolute Gasteiger partial charge is 0.281 e. The molecule has 1 heterocycles. The standard InChI is InChI=1S/C11H12Cl2N2O2S/c1-3-9-7-5-6-8(12)10(13)11(7)18(16,17)15(4-2)14-9/h5-6H,3-4H2,1-2H3. The molecule has 0 saturated heterocycles. The number of nitrogens with zero attached hydrogens (tertiary/aromatic N) is 2. The molecule has 18 heavy (non-hydrogen) atoms. The lowest BCUT2D eigenvalue weighted by Crippen LogP contribution is -2.33. The molecule has 1 aliphatic heterocycles. The van der Waals surface area contributed by atoms with Crippen molar-refractivity contribution in [2.45, 2.75) is 25.2 Å². The second-order valence-corrected chi connectivity index (χ2v) is 6.35. The quantitative estimate of drug-likeness (QED) is 0.843. The van der Waals surface area contributed by atoms with Crippen LogP contribution in [0.5, 0.6) is 0 Å². The maximum atomic E-state index is 12.3. The van der Waals surface area contributed by atoms with Crippen molar-refractivity contribution in [2.24, 2.45) is 5.10 Å². The van der Waals surface area contributed by atoms with Crippen molar-refractivity contribution in [3.8, 4) is 0 Å². The number of rotatable bonds is 2. The summed E-state index contributed by atoms with van der Waals surface area (Å²) in [6.07, 6.45) is 0.622. The topological polar surface area (TPSA) is 49.7 Å². The molecule has 0 aromatic heterocycles. The van der Waals surface area contributed by atoms with Crippen LogP contribution in [0.3, 0.4) is 0 Å². The van der Waals surface area contributed by atoms with Crippen LogP contribution in [-0.2, 0) is 10.0 Å². The van der Waals surface area contributed by atoms with E-state index in [1.807, 2.05) is 6.92 Å². The van der Waals surface area contributed by atoms with E-state index in [0.717, 1.165) is 4.41 Å². The Balaban J connectivity index is 2.83. The van der Waals surface area contributed by atoms with Crippen LogP contribution in [0.1, 0.15) is 25.8 Å². The number of hydrogen-bond donors (Lipinski definition) is 0. The van der Waals surface area contributed by atoms with Crippen molar-refractivity contribution in [1.82, 2.24) is 4.41 Å². The number of hydrazone groups is 1. The number of halogens is 2. The molecule has 7 heteroatoms. The first-order valence-corrected chi connectivity index (χ1v) is 7.71. The van der Waals surface area contributed by atoms with Crippen LogP contribution in [0.2, 0.25) is 10.0 Å². The summed E-state index contributed by atoms with van der Waals surface area (Å²) in [6.45, 7) is 3.89. The van der Waals surface area contributed by atoms with Gasteiger partial charge in [0.1, 0.15) is 4.90 Å². The van der Waals surface area contributed by atoms with E-state index in [2.05, 4.69) is 5.10 Å². The Morgan fingerprint density at radius 3 is 2.50 bits per heavy atom. The Morgan fingerprint density at radius 2 is 1.94 bits per heavy atom. The van der Waals surface area contributed by atoms with Crippen molar-refractivity contribution < 1.29 is 8.42 Å². The van der Waals surface area contributed by atoms with Crippen molar-refractivity contribution in [3.05, 3.63) is 27.7 Å². The molecule has 0 atom stereocenters. The van der Waals surface area contributed by atoms with Crippen LogP contribution in [0, 0.1) is 0 Å². The lowest BCUT2D eigenvalue weighted by atomic mass is 10.1. The molecular formula is C11H12Cl2N2O2S.